The molecular formula is C27H32N4O3. The number of hydrogen-bond acceptors (Lipinski definition) is 5. The van der Waals surface area contributed by atoms with E-state index < -0.39 is 0 Å². The van der Waals surface area contributed by atoms with Gasteiger partial charge in [0, 0.05) is 28.7 Å². The summed E-state index contributed by atoms with van der Waals surface area (Å²) >= 11 is 0. The van der Waals surface area contributed by atoms with Gasteiger partial charge in [0.25, 0.3) is 0 Å². The Morgan fingerprint density at radius 1 is 1.26 bits per heavy atom. The summed E-state index contributed by atoms with van der Waals surface area (Å²) in [6.45, 7) is 9.46. The van der Waals surface area contributed by atoms with Gasteiger partial charge in [0.1, 0.15) is 11.5 Å². The van der Waals surface area contributed by atoms with E-state index in [9.17, 15) is 4.79 Å². The van der Waals surface area contributed by atoms with E-state index in [1.807, 2.05) is 26.0 Å². The van der Waals surface area contributed by atoms with Crippen molar-refractivity contribution in [3.63, 3.8) is 0 Å². The van der Waals surface area contributed by atoms with Gasteiger partial charge in [0.05, 0.1) is 31.1 Å². The molecule has 1 aliphatic rings. The summed E-state index contributed by atoms with van der Waals surface area (Å²) in [5.74, 6) is 2.07. The predicted octanol–water partition coefficient (Wildman–Crippen LogP) is 4.81. The molecule has 2 N–H and O–H groups in total. The Morgan fingerprint density at radius 3 is 2.82 bits per heavy atom. The molecular weight excluding hydrogens is 428 g/mol. The normalized spacial score (nSPS) is 17.9. The number of nitrogens with one attached hydrogen (secondary N) is 2. The van der Waals surface area contributed by atoms with E-state index in [2.05, 4.69) is 58.6 Å². The average molecular weight is 461 g/mol. The van der Waals surface area contributed by atoms with Crippen LogP contribution < -0.4 is 10.6 Å². The molecule has 1 aromatic carbocycles. The van der Waals surface area contributed by atoms with Crippen molar-refractivity contribution in [1.29, 1.82) is 0 Å². The van der Waals surface area contributed by atoms with Crippen LogP contribution in [0, 0.1) is 19.8 Å². The molecule has 34 heavy (non-hydrogen) atoms. The van der Waals surface area contributed by atoms with Crippen LogP contribution >= 0.6 is 0 Å². The third kappa shape index (κ3) is 4.28. The molecule has 178 valence electrons. The lowest BCUT2D eigenvalue weighted by molar-refractivity contribution is -0.123. The summed E-state index contributed by atoms with van der Waals surface area (Å²) in [6, 6.07) is 9.97. The van der Waals surface area contributed by atoms with Crippen LogP contribution in [0.15, 0.2) is 51.7 Å². The quantitative estimate of drug-likeness (QED) is 0.414. The molecule has 4 heterocycles. The molecule has 5 rings (SSSR count). The Kier molecular flexibility index (Phi) is 6.04. The molecule has 0 radical (unpaired) electrons. The van der Waals surface area contributed by atoms with Crippen molar-refractivity contribution in [3.8, 4) is 0 Å². The van der Waals surface area contributed by atoms with Crippen LogP contribution in [-0.4, -0.2) is 21.7 Å². The number of carbonyl (C=O) groups is 1. The van der Waals surface area contributed by atoms with Crippen LogP contribution in [0.5, 0.6) is 0 Å². The van der Waals surface area contributed by atoms with E-state index in [0.29, 0.717) is 25.4 Å². The summed E-state index contributed by atoms with van der Waals surface area (Å²) < 4.78 is 13.1. The molecule has 0 saturated carbocycles. The second-order valence-corrected chi connectivity index (χ2v) is 9.73. The van der Waals surface area contributed by atoms with Crippen molar-refractivity contribution < 1.29 is 13.7 Å². The topological polar surface area (TPSA) is 85.2 Å². The monoisotopic (exact) mass is 460 g/mol. The molecule has 1 amide bonds. The molecule has 0 fully saturated rings. The molecule has 0 saturated heterocycles. The highest BCUT2D eigenvalue weighted by Gasteiger charge is 2.31. The second kappa shape index (κ2) is 9.14. The minimum Gasteiger partial charge on any atom is -0.467 e. The maximum Gasteiger partial charge on any atom is 0.237 e. The largest absolute Gasteiger partial charge is 0.467 e. The summed E-state index contributed by atoms with van der Waals surface area (Å²) in [7, 11) is 0. The van der Waals surface area contributed by atoms with Crippen LogP contribution in [0.3, 0.4) is 0 Å². The first kappa shape index (κ1) is 22.5. The molecule has 0 aliphatic carbocycles. The maximum absolute atomic E-state index is 13.3. The van der Waals surface area contributed by atoms with Crippen molar-refractivity contribution >= 4 is 16.8 Å². The number of furan rings is 1. The van der Waals surface area contributed by atoms with E-state index in [1.54, 1.807) is 6.26 Å². The van der Waals surface area contributed by atoms with E-state index in [-0.39, 0.29) is 18.0 Å². The highest BCUT2D eigenvalue weighted by Crippen LogP contribution is 2.36. The zero-order chi connectivity index (χ0) is 23.8. The Labute approximate surface area is 199 Å². The van der Waals surface area contributed by atoms with Gasteiger partial charge in [-0.1, -0.05) is 31.1 Å². The first-order valence-corrected chi connectivity index (χ1v) is 12.0. The van der Waals surface area contributed by atoms with Gasteiger partial charge in [0.15, 0.2) is 0 Å². The standard InChI is InChI=1S/C27H32N4O3/c1-16(2)11-23-21-8-5-9-25-26(21)19(14-31(25)15-22-17(3)30-34-18(22)4)12-24(29-23)27(32)28-13-20-7-6-10-33-20/h5-10,14,16,23-24,29H,11-13,15H2,1-4H3,(H,28,32). The Morgan fingerprint density at radius 2 is 2.12 bits per heavy atom. The average Bonchev–Trinajstić information content (AvgIpc) is 3.50. The number of aryl methyl sites for hydroxylation is 2. The fraction of sp³-hybridized carbons (Fsp3) is 0.407. The Bertz CT molecular complexity index is 1280. The zero-order valence-electron chi connectivity index (χ0n) is 20.2. The van der Waals surface area contributed by atoms with Crippen LogP contribution in [0.1, 0.15) is 60.2 Å². The number of carbonyl (C=O) groups excluding carboxylic acids is 1. The van der Waals surface area contributed by atoms with Crippen LogP contribution in [0.4, 0.5) is 0 Å². The van der Waals surface area contributed by atoms with Gasteiger partial charge in [-0.05, 0) is 61.9 Å². The van der Waals surface area contributed by atoms with Gasteiger partial charge < -0.3 is 18.8 Å². The number of aromatic nitrogens is 2. The van der Waals surface area contributed by atoms with Gasteiger partial charge in [-0.3, -0.25) is 10.1 Å². The van der Waals surface area contributed by atoms with Crippen LogP contribution in [0.2, 0.25) is 0 Å². The first-order chi connectivity index (χ1) is 16.4. The number of amides is 1. The van der Waals surface area contributed by atoms with Crippen molar-refractivity contribution in [2.24, 2.45) is 5.92 Å². The minimum absolute atomic E-state index is 0.00964. The van der Waals surface area contributed by atoms with Crippen molar-refractivity contribution in [3.05, 3.63) is 76.7 Å². The number of nitrogens with zero attached hydrogens (tertiary/aromatic N) is 2. The Balaban J connectivity index is 1.51. The highest BCUT2D eigenvalue weighted by atomic mass is 16.5. The second-order valence-electron chi connectivity index (χ2n) is 9.73. The summed E-state index contributed by atoms with van der Waals surface area (Å²) in [5.41, 5.74) is 5.66. The zero-order valence-corrected chi connectivity index (χ0v) is 20.2. The predicted molar refractivity (Wildman–Crippen MR) is 130 cm³/mol. The smallest absolute Gasteiger partial charge is 0.237 e. The fourth-order valence-corrected chi connectivity index (χ4v) is 5.10. The van der Waals surface area contributed by atoms with Gasteiger partial charge in [-0.15, -0.1) is 0 Å². The summed E-state index contributed by atoms with van der Waals surface area (Å²) in [6.07, 6.45) is 5.40. The molecule has 7 heteroatoms. The summed E-state index contributed by atoms with van der Waals surface area (Å²) in [5, 5.41) is 12.1. The van der Waals surface area contributed by atoms with E-state index in [1.165, 1.54) is 22.0 Å². The van der Waals surface area contributed by atoms with Crippen molar-refractivity contribution in [2.75, 3.05) is 0 Å². The number of benzene rings is 1. The van der Waals surface area contributed by atoms with Gasteiger partial charge in [-0.2, -0.15) is 0 Å². The van der Waals surface area contributed by atoms with Gasteiger partial charge in [0.2, 0.25) is 5.91 Å². The fourth-order valence-electron chi connectivity index (χ4n) is 5.10. The van der Waals surface area contributed by atoms with Gasteiger partial charge >= 0.3 is 0 Å². The lowest BCUT2D eigenvalue weighted by Crippen LogP contribution is -2.46. The molecule has 0 spiro atoms. The molecule has 3 aromatic heterocycles. The molecule has 0 bridgehead atoms. The van der Waals surface area contributed by atoms with E-state index >= 15 is 0 Å². The summed E-state index contributed by atoms with van der Waals surface area (Å²) in [4.78, 5) is 13.3. The van der Waals surface area contributed by atoms with Crippen molar-refractivity contribution in [1.82, 2.24) is 20.4 Å². The highest BCUT2D eigenvalue weighted by molar-refractivity contribution is 5.90. The third-order valence-corrected chi connectivity index (χ3v) is 6.77. The van der Waals surface area contributed by atoms with Crippen LogP contribution in [0.25, 0.3) is 10.9 Å². The lowest BCUT2D eigenvalue weighted by atomic mass is 9.94. The molecule has 4 aromatic rings. The minimum atomic E-state index is -0.329. The molecule has 2 atom stereocenters. The van der Waals surface area contributed by atoms with E-state index in [0.717, 1.165) is 29.2 Å². The molecule has 7 nitrogen and oxygen atoms in total. The number of rotatable bonds is 7. The molecule has 1 aliphatic heterocycles. The van der Waals surface area contributed by atoms with Crippen LogP contribution in [-0.2, 0) is 24.3 Å². The Hall–Kier alpha value is -3.32. The van der Waals surface area contributed by atoms with E-state index in [4.69, 9.17) is 8.94 Å². The third-order valence-electron chi connectivity index (χ3n) is 6.77. The van der Waals surface area contributed by atoms with Gasteiger partial charge in [-0.25, -0.2) is 0 Å². The SMILES string of the molecule is Cc1noc(C)c1Cn1cc2c3c(cccc31)C(CC(C)C)NC(C(=O)NCc1ccco1)C2. The van der Waals surface area contributed by atoms with Crippen molar-refractivity contribution in [2.45, 2.75) is 65.7 Å². The molecule has 2 unspecified atom stereocenters. The number of hydrogen-bond donors (Lipinski definition) is 2. The maximum atomic E-state index is 13.3. The lowest BCUT2D eigenvalue weighted by Gasteiger charge is -2.25. The first-order valence-electron chi connectivity index (χ1n) is 12.0.